The van der Waals surface area contributed by atoms with Gasteiger partial charge in [0.1, 0.15) is 11.8 Å². The maximum Gasteiger partial charge on any atom is 0.261 e. The van der Waals surface area contributed by atoms with E-state index in [-0.39, 0.29) is 24.5 Å². The summed E-state index contributed by atoms with van der Waals surface area (Å²) in [6.45, 7) is 6.17. The Morgan fingerprint density at radius 3 is 2.31 bits per heavy atom. The minimum absolute atomic E-state index is 0.00992. The molecule has 0 aliphatic heterocycles. The van der Waals surface area contributed by atoms with Crippen molar-refractivity contribution in [3.05, 3.63) is 100 Å². The van der Waals surface area contributed by atoms with Gasteiger partial charge in [0.05, 0.1) is 0 Å². The van der Waals surface area contributed by atoms with Gasteiger partial charge in [0.25, 0.3) is 5.91 Å². The van der Waals surface area contributed by atoms with E-state index in [9.17, 15) is 9.59 Å². The molecule has 0 saturated heterocycles. The van der Waals surface area contributed by atoms with Crippen LogP contribution in [-0.2, 0) is 22.6 Å². The van der Waals surface area contributed by atoms with Crippen LogP contribution in [0.1, 0.15) is 37.0 Å². The maximum absolute atomic E-state index is 13.6. The molecule has 184 valence electrons. The third-order valence-electron chi connectivity index (χ3n) is 5.88. The quantitative estimate of drug-likeness (QED) is 0.342. The summed E-state index contributed by atoms with van der Waals surface area (Å²) < 4.78 is 6.74. The molecule has 0 spiro atoms. The predicted molar refractivity (Wildman–Crippen MR) is 143 cm³/mol. The Balaban J connectivity index is 1.90. The van der Waals surface area contributed by atoms with Crippen molar-refractivity contribution in [2.24, 2.45) is 0 Å². The number of halogens is 1. The van der Waals surface area contributed by atoms with E-state index < -0.39 is 6.04 Å². The standard InChI is InChI=1S/C29H33BrN2O3/c1-4-22(3)31-29(34)27(18-23-10-6-5-7-11-23)32(19-24-12-8-9-21(2)17-24)28(33)20-35-26-15-13-25(30)14-16-26/h5-17,22,27H,4,18-20H2,1-3H3,(H,31,34)/t22-,27-/m1/s1. The van der Waals surface area contributed by atoms with Crippen molar-refractivity contribution < 1.29 is 14.3 Å². The molecule has 0 aliphatic carbocycles. The summed E-state index contributed by atoms with van der Waals surface area (Å²) in [6, 6.07) is 24.5. The largest absolute Gasteiger partial charge is 0.484 e. The van der Waals surface area contributed by atoms with Gasteiger partial charge in [-0.3, -0.25) is 9.59 Å². The van der Waals surface area contributed by atoms with Crippen molar-refractivity contribution >= 4 is 27.7 Å². The Kier molecular flexibility index (Phi) is 9.91. The number of aryl methyl sites for hydroxylation is 1. The van der Waals surface area contributed by atoms with Crippen LogP contribution in [0.4, 0.5) is 0 Å². The van der Waals surface area contributed by atoms with E-state index in [1.807, 2.05) is 87.5 Å². The Morgan fingerprint density at radius 1 is 0.971 bits per heavy atom. The van der Waals surface area contributed by atoms with E-state index >= 15 is 0 Å². The maximum atomic E-state index is 13.6. The van der Waals surface area contributed by atoms with Crippen LogP contribution >= 0.6 is 15.9 Å². The number of carbonyl (C=O) groups excluding carboxylic acids is 2. The Bertz CT molecular complexity index is 1100. The van der Waals surface area contributed by atoms with E-state index in [4.69, 9.17) is 4.74 Å². The van der Waals surface area contributed by atoms with E-state index in [1.54, 1.807) is 17.0 Å². The van der Waals surface area contributed by atoms with Crippen molar-refractivity contribution in [2.45, 2.75) is 52.2 Å². The first-order valence-electron chi connectivity index (χ1n) is 11.9. The number of rotatable bonds is 11. The molecular weight excluding hydrogens is 504 g/mol. The van der Waals surface area contributed by atoms with Crippen molar-refractivity contribution in [3.63, 3.8) is 0 Å². The topological polar surface area (TPSA) is 58.6 Å². The number of amides is 2. The highest BCUT2D eigenvalue weighted by Gasteiger charge is 2.31. The summed E-state index contributed by atoms with van der Waals surface area (Å²) in [7, 11) is 0. The zero-order valence-corrected chi connectivity index (χ0v) is 22.1. The van der Waals surface area contributed by atoms with Gasteiger partial charge >= 0.3 is 0 Å². The minimum Gasteiger partial charge on any atom is -0.484 e. The van der Waals surface area contributed by atoms with Crippen molar-refractivity contribution in [1.29, 1.82) is 0 Å². The van der Waals surface area contributed by atoms with Gasteiger partial charge in [-0.05, 0) is 55.7 Å². The number of hydrogen-bond acceptors (Lipinski definition) is 3. The fourth-order valence-corrected chi connectivity index (χ4v) is 4.03. The lowest BCUT2D eigenvalue weighted by Crippen LogP contribution is -2.53. The van der Waals surface area contributed by atoms with E-state index in [0.717, 1.165) is 27.6 Å². The van der Waals surface area contributed by atoms with E-state index in [2.05, 4.69) is 21.2 Å². The lowest BCUT2D eigenvalue weighted by atomic mass is 10.0. The molecule has 0 saturated carbocycles. The minimum atomic E-state index is -0.673. The molecule has 0 bridgehead atoms. The zero-order valence-electron chi connectivity index (χ0n) is 20.5. The smallest absolute Gasteiger partial charge is 0.261 e. The molecule has 35 heavy (non-hydrogen) atoms. The van der Waals surface area contributed by atoms with Crippen LogP contribution in [0.15, 0.2) is 83.3 Å². The molecule has 6 heteroatoms. The highest BCUT2D eigenvalue weighted by molar-refractivity contribution is 9.10. The summed E-state index contributed by atoms with van der Waals surface area (Å²) in [5.74, 6) is 0.197. The fourth-order valence-electron chi connectivity index (χ4n) is 3.76. The second-order valence-corrected chi connectivity index (χ2v) is 9.69. The van der Waals surface area contributed by atoms with Gasteiger partial charge in [0.15, 0.2) is 6.61 Å². The molecule has 0 fully saturated rings. The fraction of sp³-hybridized carbons (Fsp3) is 0.310. The molecule has 5 nitrogen and oxygen atoms in total. The first-order chi connectivity index (χ1) is 16.9. The molecule has 0 heterocycles. The van der Waals surface area contributed by atoms with Gasteiger partial charge in [0, 0.05) is 23.5 Å². The van der Waals surface area contributed by atoms with Gasteiger partial charge in [-0.2, -0.15) is 0 Å². The van der Waals surface area contributed by atoms with Crippen LogP contribution in [0.5, 0.6) is 5.75 Å². The summed E-state index contributed by atoms with van der Waals surface area (Å²) >= 11 is 3.41. The first kappa shape index (κ1) is 26.5. The average Bonchev–Trinajstić information content (AvgIpc) is 2.86. The summed E-state index contributed by atoms with van der Waals surface area (Å²) in [5, 5.41) is 3.08. The number of nitrogens with one attached hydrogen (secondary N) is 1. The lowest BCUT2D eigenvalue weighted by Gasteiger charge is -2.32. The number of nitrogens with zero attached hydrogens (tertiary/aromatic N) is 1. The summed E-state index contributed by atoms with van der Waals surface area (Å²) in [4.78, 5) is 28.7. The normalized spacial score (nSPS) is 12.5. The van der Waals surface area contributed by atoms with Crippen LogP contribution in [0.3, 0.4) is 0 Å². The molecule has 0 unspecified atom stereocenters. The third-order valence-corrected chi connectivity index (χ3v) is 6.41. The molecule has 2 atom stereocenters. The van der Waals surface area contributed by atoms with Crippen LogP contribution in [0, 0.1) is 6.92 Å². The van der Waals surface area contributed by atoms with Gasteiger partial charge in [-0.1, -0.05) is 83.0 Å². The van der Waals surface area contributed by atoms with Crippen LogP contribution in [0.2, 0.25) is 0 Å². The van der Waals surface area contributed by atoms with Crippen LogP contribution < -0.4 is 10.1 Å². The molecule has 2 amide bonds. The zero-order chi connectivity index (χ0) is 25.2. The second-order valence-electron chi connectivity index (χ2n) is 8.78. The molecular formula is C29H33BrN2O3. The Morgan fingerprint density at radius 2 is 1.66 bits per heavy atom. The van der Waals surface area contributed by atoms with Crippen molar-refractivity contribution in [1.82, 2.24) is 10.2 Å². The molecule has 0 aromatic heterocycles. The van der Waals surface area contributed by atoms with Gasteiger partial charge in [-0.25, -0.2) is 0 Å². The Labute approximate surface area is 216 Å². The highest BCUT2D eigenvalue weighted by atomic mass is 79.9. The third kappa shape index (κ3) is 8.25. The average molecular weight is 537 g/mol. The van der Waals surface area contributed by atoms with Crippen LogP contribution in [0.25, 0.3) is 0 Å². The Hall–Kier alpha value is -3.12. The van der Waals surface area contributed by atoms with Crippen molar-refractivity contribution in [2.75, 3.05) is 6.61 Å². The van der Waals surface area contributed by atoms with E-state index in [1.165, 1.54) is 0 Å². The number of carbonyl (C=O) groups is 2. The lowest BCUT2D eigenvalue weighted by molar-refractivity contribution is -0.143. The van der Waals surface area contributed by atoms with Gasteiger partial charge < -0.3 is 15.0 Å². The molecule has 0 aliphatic rings. The number of hydrogen-bond donors (Lipinski definition) is 1. The molecule has 1 N–H and O–H groups in total. The molecule has 3 aromatic carbocycles. The number of benzene rings is 3. The summed E-state index contributed by atoms with van der Waals surface area (Å²) in [6.07, 6.45) is 1.22. The molecule has 3 aromatic rings. The van der Waals surface area contributed by atoms with Gasteiger partial charge in [-0.15, -0.1) is 0 Å². The molecule has 3 rings (SSSR count). The van der Waals surface area contributed by atoms with Gasteiger partial charge in [0.2, 0.25) is 5.91 Å². The second kappa shape index (κ2) is 13.1. The number of ether oxygens (including phenoxy) is 1. The monoisotopic (exact) mass is 536 g/mol. The predicted octanol–water partition coefficient (Wildman–Crippen LogP) is 5.69. The molecule has 0 radical (unpaired) electrons. The first-order valence-corrected chi connectivity index (χ1v) is 12.7. The van der Waals surface area contributed by atoms with Crippen molar-refractivity contribution in [3.8, 4) is 5.75 Å². The SMILES string of the molecule is CC[C@@H](C)NC(=O)[C@@H](Cc1ccccc1)N(Cc1cccc(C)c1)C(=O)COc1ccc(Br)cc1. The van der Waals surface area contributed by atoms with Crippen LogP contribution in [-0.4, -0.2) is 35.4 Å². The highest BCUT2D eigenvalue weighted by Crippen LogP contribution is 2.19. The summed E-state index contributed by atoms with van der Waals surface area (Å²) in [5.41, 5.74) is 3.06. The van der Waals surface area contributed by atoms with E-state index in [0.29, 0.717) is 18.7 Å².